The standard InChI is InChI=1S/C12H17F2NOS/c1-9(6-15)7-17-8-10-4-2-3-5-11(10)16-12(13)14/h2-5,9,12H,6-8,15H2,1H3. The van der Waals surface area contributed by atoms with Crippen molar-refractivity contribution in [3.63, 3.8) is 0 Å². The van der Waals surface area contributed by atoms with Crippen LogP contribution in [-0.2, 0) is 5.75 Å². The van der Waals surface area contributed by atoms with Gasteiger partial charge in [0.2, 0.25) is 0 Å². The molecule has 1 rings (SSSR count). The number of thioether (sulfide) groups is 1. The van der Waals surface area contributed by atoms with Gasteiger partial charge in [0.15, 0.2) is 0 Å². The minimum atomic E-state index is -2.77. The molecule has 0 spiro atoms. The molecule has 1 aromatic carbocycles. The highest BCUT2D eigenvalue weighted by Gasteiger charge is 2.09. The SMILES string of the molecule is CC(CN)CSCc1ccccc1OC(F)F. The first-order valence-electron chi connectivity index (χ1n) is 5.44. The lowest BCUT2D eigenvalue weighted by Crippen LogP contribution is -2.12. The molecule has 0 heterocycles. The third-order valence-corrected chi connectivity index (χ3v) is 3.57. The molecule has 0 amide bonds. The summed E-state index contributed by atoms with van der Waals surface area (Å²) in [5.74, 6) is 2.27. The van der Waals surface area contributed by atoms with Crippen LogP contribution in [0.3, 0.4) is 0 Å². The first-order valence-corrected chi connectivity index (χ1v) is 6.59. The predicted molar refractivity (Wildman–Crippen MR) is 67.5 cm³/mol. The summed E-state index contributed by atoms with van der Waals surface area (Å²) >= 11 is 1.68. The number of alkyl halides is 2. The summed E-state index contributed by atoms with van der Waals surface area (Å²) < 4.78 is 28.8. The Morgan fingerprint density at radius 3 is 2.71 bits per heavy atom. The minimum Gasteiger partial charge on any atom is -0.435 e. The monoisotopic (exact) mass is 261 g/mol. The molecule has 0 fully saturated rings. The summed E-state index contributed by atoms with van der Waals surface area (Å²) in [5.41, 5.74) is 6.30. The second kappa shape index (κ2) is 7.50. The molecule has 1 atom stereocenters. The highest BCUT2D eigenvalue weighted by molar-refractivity contribution is 7.98. The van der Waals surface area contributed by atoms with E-state index in [1.807, 2.05) is 6.07 Å². The van der Waals surface area contributed by atoms with Gasteiger partial charge in [0, 0.05) is 11.3 Å². The summed E-state index contributed by atoms with van der Waals surface area (Å²) in [6.07, 6.45) is 0. The molecule has 0 aliphatic heterocycles. The Kier molecular flexibility index (Phi) is 6.29. The van der Waals surface area contributed by atoms with Crippen LogP contribution in [0.15, 0.2) is 24.3 Å². The normalized spacial score (nSPS) is 12.8. The first kappa shape index (κ1) is 14.3. The Hall–Kier alpha value is -0.810. The third-order valence-electron chi connectivity index (χ3n) is 2.25. The summed E-state index contributed by atoms with van der Waals surface area (Å²) in [5, 5.41) is 0. The maximum absolute atomic E-state index is 12.2. The van der Waals surface area contributed by atoms with Crippen molar-refractivity contribution in [1.29, 1.82) is 0 Å². The number of rotatable bonds is 7. The molecule has 0 aliphatic rings. The summed E-state index contributed by atoms with van der Waals surface area (Å²) in [7, 11) is 0. The van der Waals surface area contributed by atoms with Crippen LogP contribution in [0, 0.1) is 5.92 Å². The first-order chi connectivity index (χ1) is 8.13. The number of ether oxygens (including phenoxy) is 1. The van der Waals surface area contributed by atoms with Gasteiger partial charge in [-0.05, 0) is 24.3 Å². The van der Waals surface area contributed by atoms with Crippen LogP contribution in [-0.4, -0.2) is 18.9 Å². The van der Waals surface area contributed by atoms with Gasteiger partial charge >= 0.3 is 6.61 Å². The fraction of sp³-hybridized carbons (Fsp3) is 0.500. The van der Waals surface area contributed by atoms with Crippen molar-refractivity contribution in [3.05, 3.63) is 29.8 Å². The smallest absolute Gasteiger partial charge is 0.387 e. The Morgan fingerprint density at radius 1 is 1.35 bits per heavy atom. The number of para-hydroxylation sites is 1. The van der Waals surface area contributed by atoms with Crippen LogP contribution in [0.4, 0.5) is 8.78 Å². The molecule has 17 heavy (non-hydrogen) atoms. The van der Waals surface area contributed by atoms with Crippen molar-refractivity contribution >= 4 is 11.8 Å². The van der Waals surface area contributed by atoms with E-state index < -0.39 is 6.61 Å². The van der Waals surface area contributed by atoms with E-state index in [0.717, 1.165) is 11.3 Å². The van der Waals surface area contributed by atoms with Crippen molar-refractivity contribution in [2.24, 2.45) is 11.7 Å². The van der Waals surface area contributed by atoms with Crippen LogP contribution in [0.25, 0.3) is 0 Å². The molecule has 0 radical (unpaired) electrons. The largest absolute Gasteiger partial charge is 0.435 e. The molecule has 1 aromatic rings. The van der Waals surface area contributed by atoms with Gasteiger partial charge in [-0.25, -0.2) is 0 Å². The molecule has 1 unspecified atom stereocenters. The fourth-order valence-corrected chi connectivity index (χ4v) is 2.39. The van der Waals surface area contributed by atoms with E-state index >= 15 is 0 Å². The van der Waals surface area contributed by atoms with Gasteiger partial charge in [0.1, 0.15) is 5.75 Å². The zero-order chi connectivity index (χ0) is 12.7. The van der Waals surface area contributed by atoms with Crippen LogP contribution >= 0.6 is 11.8 Å². The Bertz CT molecular complexity index is 336. The predicted octanol–water partition coefficient (Wildman–Crippen LogP) is 3.12. The molecule has 2 N–H and O–H groups in total. The highest BCUT2D eigenvalue weighted by Crippen LogP contribution is 2.25. The average Bonchev–Trinajstić information content (AvgIpc) is 2.30. The molecular weight excluding hydrogens is 244 g/mol. The van der Waals surface area contributed by atoms with E-state index in [4.69, 9.17) is 5.73 Å². The summed E-state index contributed by atoms with van der Waals surface area (Å²) in [6.45, 7) is -0.0689. The van der Waals surface area contributed by atoms with E-state index in [0.29, 0.717) is 18.2 Å². The Labute approximate surface area is 105 Å². The third kappa shape index (κ3) is 5.37. The maximum Gasteiger partial charge on any atom is 0.387 e. The molecule has 0 aromatic heterocycles. The Morgan fingerprint density at radius 2 is 2.06 bits per heavy atom. The quantitative estimate of drug-likeness (QED) is 0.819. The second-order valence-corrected chi connectivity index (χ2v) is 4.87. The van der Waals surface area contributed by atoms with Crippen LogP contribution in [0.2, 0.25) is 0 Å². The van der Waals surface area contributed by atoms with E-state index in [1.165, 1.54) is 0 Å². The lowest BCUT2D eigenvalue weighted by atomic mass is 10.2. The number of halogens is 2. The van der Waals surface area contributed by atoms with Gasteiger partial charge in [0.05, 0.1) is 0 Å². The summed E-state index contributed by atoms with van der Waals surface area (Å²) in [4.78, 5) is 0. The van der Waals surface area contributed by atoms with Gasteiger partial charge < -0.3 is 10.5 Å². The molecule has 5 heteroatoms. The zero-order valence-corrected chi connectivity index (χ0v) is 10.6. The van der Waals surface area contributed by atoms with Crippen molar-refractivity contribution in [2.75, 3.05) is 12.3 Å². The Balaban J connectivity index is 2.51. The molecular formula is C12H17F2NOS. The summed E-state index contributed by atoms with van der Waals surface area (Å²) in [6, 6.07) is 6.88. The topological polar surface area (TPSA) is 35.2 Å². The molecule has 0 saturated heterocycles. The fourth-order valence-electron chi connectivity index (χ4n) is 1.27. The lowest BCUT2D eigenvalue weighted by Gasteiger charge is -2.11. The number of hydrogen-bond acceptors (Lipinski definition) is 3. The second-order valence-electron chi connectivity index (χ2n) is 3.84. The average molecular weight is 261 g/mol. The van der Waals surface area contributed by atoms with Crippen LogP contribution in [0.1, 0.15) is 12.5 Å². The van der Waals surface area contributed by atoms with Gasteiger partial charge in [0.25, 0.3) is 0 Å². The minimum absolute atomic E-state index is 0.260. The highest BCUT2D eigenvalue weighted by atomic mass is 32.2. The van der Waals surface area contributed by atoms with Gasteiger partial charge in [-0.3, -0.25) is 0 Å². The molecule has 0 saturated carbocycles. The van der Waals surface area contributed by atoms with Crippen molar-refractivity contribution < 1.29 is 13.5 Å². The van der Waals surface area contributed by atoms with Crippen molar-refractivity contribution in [3.8, 4) is 5.75 Å². The van der Waals surface area contributed by atoms with Gasteiger partial charge in [-0.15, -0.1) is 0 Å². The number of benzene rings is 1. The molecule has 0 aliphatic carbocycles. The molecule has 96 valence electrons. The lowest BCUT2D eigenvalue weighted by molar-refractivity contribution is -0.0503. The van der Waals surface area contributed by atoms with E-state index in [1.54, 1.807) is 30.0 Å². The van der Waals surface area contributed by atoms with E-state index in [9.17, 15) is 8.78 Å². The van der Waals surface area contributed by atoms with Crippen LogP contribution < -0.4 is 10.5 Å². The van der Waals surface area contributed by atoms with Crippen molar-refractivity contribution in [2.45, 2.75) is 19.3 Å². The van der Waals surface area contributed by atoms with Gasteiger partial charge in [-0.1, -0.05) is 25.1 Å². The zero-order valence-electron chi connectivity index (χ0n) is 9.74. The van der Waals surface area contributed by atoms with Crippen molar-refractivity contribution in [1.82, 2.24) is 0 Å². The van der Waals surface area contributed by atoms with E-state index in [-0.39, 0.29) is 5.75 Å². The molecule has 2 nitrogen and oxygen atoms in total. The maximum atomic E-state index is 12.2. The van der Waals surface area contributed by atoms with Crippen LogP contribution in [0.5, 0.6) is 5.75 Å². The molecule has 0 bridgehead atoms. The number of hydrogen-bond donors (Lipinski definition) is 1. The van der Waals surface area contributed by atoms with Gasteiger partial charge in [-0.2, -0.15) is 20.5 Å². The van der Waals surface area contributed by atoms with E-state index in [2.05, 4.69) is 11.7 Å². The number of nitrogens with two attached hydrogens (primary N) is 1.